The molecule has 1 aromatic heterocycles. The van der Waals surface area contributed by atoms with Gasteiger partial charge in [-0.2, -0.15) is 0 Å². The van der Waals surface area contributed by atoms with E-state index in [1.165, 1.54) is 6.20 Å². The molecule has 0 amide bonds. The monoisotopic (exact) mass is 325 g/mol. The van der Waals surface area contributed by atoms with Crippen molar-refractivity contribution in [3.8, 4) is 0 Å². The standard InChI is InChI=1S/C14H16ClN3O2S/c1-2-10-5-6-12(8-11(10)9-16)21(19,20)18-14-13(15)4-3-7-17-14/h3-8H,2,9,16H2,1H3,(H,17,18). The van der Waals surface area contributed by atoms with Crippen molar-refractivity contribution in [3.63, 3.8) is 0 Å². The number of nitrogens with zero attached hydrogens (tertiary/aromatic N) is 1. The largest absolute Gasteiger partial charge is 0.326 e. The highest BCUT2D eigenvalue weighted by molar-refractivity contribution is 7.92. The summed E-state index contributed by atoms with van der Waals surface area (Å²) in [6.07, 6.45) is 2.27. The summed E-state index contributed by atoms with van der Waals surface area (Å²) in [4.78, 5) is 4.06. The Morgan fingerprint density at radius 3 is 2.67 bits per heavy atom. The molecule has 0 aliphatic rings. The second-order valence-electron chi connectivity index (χ2n) is 4.43. The SMILES string of the molecule is CCc1ccc(S(=O)(=O)Nc2ncccc2Cl)cc1CN. The van der Waals surface area contributed by atoms with Crippen LogP contribution in [0.4, 0.5) is 5.82 Å². The third-order valence-corrected chi connectivity index (χ3v) is 4.72. The van der Waals surface area contributed by atoms with Crippen LogP contribution in [0.25, 0.3) is 0 Å². The van der Waals surface area contributed by atoms with E-state index in [-0.39, 0.29) is 22.3 Å². The topological polar surface area (TPSA) is 85.1 Å². The number of hydrogen-bond donors (Lipinski definition) is 2. The average molecular weight is 326 g/mol. The normalized spacial score (nSPS) is 11.4. The van der Waals surface area contributed by atoms with Crippen molar-refractivity contribution in [2.45, 2.75) is 24.8 Å². The van der Waals surface area contributed by atoms with Crippen molar-refractivity contribution in [3.05, 3.63) is 52.7 Å². The summed E-state index contributed by atoms with van der Waals surface area (Å²) in [6, 6.07) is 8.10. The van der Waals surface area contributed by atoms with E-state index >= 15 is 0 Å². The van der Waals surface area contributed by atoms with Gasteiger partial charge in [-0.05, 0) is 41.8 Å². The van der Waals surface area contributed by atoms with Gasteiger partial charge in [0, 0.05) is 12.7 Å². The number of halogens is 1. The minimum Gasteiger partial charge on any atom is -0.326 e. The van der Waals surface area contributed by atoms with E-state index in [1.807, 2.05) is 6.92 Å². The molecule has 0 radical (unpaired) electrons. The van der Waals surface area contributed by atoms with Crippen LogP contribution in [-0.4, -0.2) is 13.4 Å². The molecule has 2 aromatic rings. The second-order valence-corrected chi connectivity index (χ2v) is 6.52. The highest BCUT2D eigenvalue weighted by Gasteiger charge is 2.17. The molecule has 0 aliphatic carbocycles. The Morgan fingerprint density at radius 1 is 1.29 bits per heavy atom. The number of pyridine rings is 1. The third-order valence-electron chi connectivity index (χ3n) is 3.08. The van der Waals surface area contributed by atoms with Crippen molar-refractivity contribution >= 4 is 27.4 Å². The van der Waals surface area contributed by atoms with Gasteiger partial charge < -0.3 is 5.73 Å². The van der Waals surface area contributed by atoms with Crippen LogP contribution >= 0.6 is 11.6 Å². The molecule has 0 bridgehead atoms. The Balaban J connectivity index is 2.38. The summed E-state index contributed by atoms with van der Waals surface area (Å²) in [5.41, 5.74) is 7.51. The Labute approximate surface area is 129 Å². The summed E-state index contributed by atoms with van der Waals surface area (Å²) < 4.78 is 27.1. The number of sulfonamides is 1. The lowest BCUT2D eigenvalue weighted by atomic mass is 10.1. The van der Waals surface area contributed by atoms with Crippen LogP contribution in [0, 0.1) is 0 Å². The van der Waals surface area contributed by atoms with Crippen LogP contribution in [0.3, 0.4) is 0 Å². The minimum absolute atomic E-state index is 0.105. The van der Waals surface area contributed by atoms with E-state index in [2.05, 4.69) is 9.71 Å². The average Bonchev–Trinajstić information content (AvgIpc) is 2.48. The van der Waals surface area contributed by atoms with Gasteiger partial charge in [0.2, 0.25) is 0 Å². The van der Waals surface area contributed by atoms with Gasteiger partial charge in [-0.25, -0.2) is 13.4 Å². The van der Waals surface area contributed by atoms with E-state index in [9.17, 15) is 8.42 Å². The van der Waals surface area contributed by atoms with E-state index in [0.29, 0.717) is 0 Å². The molecule has 1 aromatic carbocycles. The Hall–Kier alpha value is -1.63. The summed E-state index contributed by atoms with van der Waals surface area (Å²) in [5, 5.41) is 0.241. The number of nitrogens with one attached hydrogen (secondary N) is 1. The molecular weight excluding hydrogens is 310 g/mol. The number of aryl methyl sites for hydroxylation is 1. The molecule has 112 valence electrons. The van der Waals surface area contributed by atoms with Crippen molar-refractivity contribution in [1.29, 1.82) is 0 Å². The number of aromatic nitrogens is 1. The van der Waals surface area contributed by atoms with Gasteiger partial charge in [-0.15, -0.1) is 0 Å². The zero-order chi connectivity index (χ0) is 15.5. The first-order chi connectivity index (χ1) is 9.97. The van der Waals surface area contributed by atoms with Gasteiger partial charge in [0.25, 0.3) is 10.0 Å². The summed E-state index contributed by atoms with van der Waals surface area (Å²) in [6.45, 7) is 2.28. The van der Waals surface area contributed by atoms with Crippen molar-refractivity contribution in [2.24, 2.45) is 5.73 Å². The van der Waals surface area contributed by atoms with E-state index in [0.717, 1.165) is 17.5 Å². The summed E-state index contributed by atoms with van der Waals surface area (Å²) in [7, 11) is -3.75. The smallest absolute Gasteiger partial charge is 0.263 e. The number of benzene rings is 1. The zero-order valence-corrected chi connectivity index (χ0v) is 13.1. The molecule has 1 heterocycles. The molecule has 0 aliphatic heterocycles. The fourth-order valence-electron chi connectivity index (χ4n) is 1.95. The van der Waals surface area contributed by atoms with Gasteiger partial charge in [-0.3, -0.25) is 4.72 Å². The molecule has 0 saturated carbocycles. The number of rotatable bonds is 5. The quantitative estimate of drug-likeness (QED) is 0.884. The lowest BCUT2D eigenvalue weighted by Gasteiger charge is -2.11. The highest BCUT2D eigenvalue weighted by Crippen LogP contribution is 2.23. The lowest BCUT2D eigenvalue weighted by molar-refractivity contribution is 0.601. The first kappa shape index (κ1) is 15.8. The zero-order valence-electron chi connectivity index (χ0n) is 11.5. The first-order valence-electron chi connectivity index (χ1n) is 6.43. The lowest BCUT2D eigenvalue weighted by Crippen LogP contribution is -2.15. The van der Waals surface area contributed by atoms with Crippen LogP contribution in [0.15, 0.2) is 41.4 Å². The van der Waals surface area contributed by atoms with E-state index in [4.69, 9.17) is 17.3 Å². The molecule has 0 unspecified atom stereocenters. The molecular formula is C14H16ClN3O2S. The molecule has 3 N–H and O–H groups in total. The maximum Gasteiger partial charge on any atom is 0.263 e. The van der Waals surface area contributed by atoms with Crippen molar-refractivity contribution in [1.82, 2.24) is 4.98 Å². The maximum absolute atomic E-state index is 12.4. The maximum atomic E-state index is 12.4. The molecule has 7 heteroatoms. The summed E-state index contributed by atoms with van der Waals surface area (Å²) in [5.74, 6) is 0.105. The predicted octanol–water partition coefficient (Wildman–Crippen LogP) is 2.56. The Bertz CT molecular complexity index is 748. The van der Waals surface area contributed by atoms with Gasteiger partial charge in [0.05, 0.1) is 9.92 Å². The number of anilines is 1. The Kier molecular flexibility index (Phi) is 4.82. The molecule has 2 rings (SSSR count). The second kappa shape index (κ2) is 6.43. The van der Waals surface area contributed by atoms with Crippen LogP contribution in [0.2, 0.25) is 5.02 Å². The van der Waals surface area contributed by atoms with E-state index < -0.39 is 10.0 Å². The highest BCUT2D eigenvalue weighted by atomic mass is 35.5. The summed E-state index contributed by atoms with van der Waals surface area (Å²) >= 11 is 5.91. The van der Waals surface area contributed by atoms with Crippen LogP contribution in [0.5, 0.6) is 0 Å². The molecule has 21 heavy (non-hydrogen) atoms. The van der Waals surface area contributed by atoms with Crippen molar-refractivity contribution in [2.75, 3.05) is 4.72 Å². The fraction of sp³-hybridized carbons (Fsp3) is 0.214. The molecule has 0 fully saturated rings. The molecule has 0 saturated heterocycles. The number of nitrogens with two attached hydrogens (primary N) is 1. The van der Waals surface area contributed by atoms with Gasteiger partial charge in [-0.1, -0.05) is 24.6 Å². The Morgan fingerprint density at radius 2 is 2.05 bits per heavy atom. The van der Waals surface area contributed by atoms with Crippen molar-refractivity contribution < 1.29 is 8.42 Å². The fourth-order valence-corrected chi connectivity index (χ4v) is 3.26. The van der Waals surface area contributed by atoms with Gasteiger partial charge in [0.1, 0.15) is 0 Å². The molecule has 5 nitrogen and oxygen atoms in total. The first-order valence-corrected chi connectivity index (χ1v) is 8.29. The van der Waals surface area contributed by atoms with E-state index in [1.54, 1.807) is 30.3 Å². The van der Waals surface area contributed by atoms with Gasteiger partial charge in [0.15, 0.2) is 5.82 Å². The predicted molar refractivity (Wildman–Crippen MR) is 83.8 cm³/mol. The molecule has 0 atom stereocenters. The third kappa shape index (κ3) is 3.53. The van der Waals surface area contributed by atoms with Crippen LogP contribution < -0.4 is 10.5 Å². The van der Waals surface area contributed by atoms with Crippen LogP contribution in [-0.2, 0) is 23.0 Å². The number of hydrogen-bond acceptors (Lipinski definition) is 4. The van der Waals surface area contributed by atoms with Gasteiger partial charge >= 0.3 is 0 Å². The van der Waals surface area contributed by atoms with Crippen LogP contribution in [0.1, 0.15) is 18.1 Å². The minimum atomic E-state index is -3.75. The molecule has 0 spiro atoms.